The lowest BCUT2D eigenvalue weighted by Gasteiger charge is -2.29. The molecule has 0 amide bonds. The van der Waals surface area contributed by atoms with Crippen molar-refractivity contribution in [3.05, 3.63) is 24.2 Å². The molecule has 0 radical (unpaired) electrons. The van der Waals surface area contributed by atoms with Crippen molar-refractivity contribution >= 4 is 0 Å². The molecule has 2 nitrogen and oxygen atoms in total. The zero-order valence-corrected chi connectivity index (χ0v) is 6.49. The minimum atomic E-state index is 0.138. The second-order valence-electron chi connectivity index (χ2n) is 3.23. The molecular formula is C9H13NO. The zero-order valence-electron chi connectivity index (χ0n) is 6.49. The Morgan fingerprint density at radius 3 is 2.82 bits per heavy atom. The van der Waals surface area contributed by atoms with E-state index < -0.39 is 0 Å². The molecule has 1 aliphatic carbocycles. The lowest BCUT2D eigenvalue weighted by molar-refractivity contribution is 0.241. The van der Waals surface area contributed by atoms with Gasteiger partial charge in [0.25, 0.3) is 0 Å². The molecule has 1 aromatic rings. The van der Waals surface area contributed by atoms with Crippen LogP contribution in [0.1, 0.15) is 31.1 Å². The van der Waals surface area contributed by atoms with Gasteiger partial charge in [0.1, 0.15) is 5.76 Å². The maximum atomic E-state index is 5.95. The Morgan fingerprint density at radius 2 is 2.36 bits per heavy atom. The SMILES string of the molecule is N[C@H](c1ccco1)C1CCC1. The fourth-order valence-electron chi connectivity index (χ4n) is 1.51. The molecule has 1 saturated carbocycles. The molecule has 1 fully saturated rings. The van der Waals surface area contributed by atoms with Crippen LogP contribution in [0.2, 0.25) is 0 Å². The van der Waals surface area contributed by atoms with E-state index in [1.165, 1.54) is 19.3 Å². The molecule has 0 aromatic carbocycles. The van der Waals surface area contributed by atoms with Crippen LogP contribution in [0.5, 0.6) is 0 Å². The van der Waals surface area contributed by atoms with Crippen LogP contribution >= 0.6 is 0 Å². The summed E-state index contributed by atoms with van der Waals surface area (Å²) in [6, 6.07) is 4.00. The van der Waals surface area contributed by atoms with Crippen LogP contribution in [0, 0.1) is 5.92 Å². The van der Waals surface area contributed by atoms with Gasteiger partial charge in [0.2, 0.25) is 0 Å². The minimum Gasteiger partial charge on any atom is -0.468 e. The van der Waals surface area contributed by atoms with Crippen LogP contribution < -0.4 is 5.73 Å². The molecule has 0 unspecified atom stereocenters. The molecule has 1 aliphatic rings. The van der Waals surface area contributed by atoms with E-state index in [2.05, 4.69) is 0 Å². The predicted molar refractivity (Wildman–Crippen MR) is 43.0 cm³/mol. The van der Waals surface area contributed by atoms with Gasteiger partial charge >= 0.3 is 0 Å². The van der Waals surface area contributed by atoms with E-state index >= 15 is 0 Å². The molecule has 1 aromatic heterocycles. The Bertz CT molecular complexity index is 213. The average molecular weight is 151 g/mol. The molecule has 0 bridgehead atoms. The van der Waals surface area contributed by atoms with Gasteiger partial charge in [0.15, 0.2) is 0 Å². The minimum absolute atomic E-state index is 0.138. The van der Waals surface area contributed by atoms with Gasteiger partial charge in [0, 0.05) is 0 Å². The summed E-state index contributed by atoms with van der Waals surface area (Å²) in [5.74, 6) is 1.61. The molecule has 2 heteroatoms. The number of rotatable bonds is 2. The zero-order chi connectivity index (χ0) is 7.68. The second kappa shape index (κ2) is 2.70. The fraction of sp³-hybridized carbons (Fsp3) is 0.556. The summed E-state index contributed by atoms with van der Waals surface area (Å²) < 4.78 is 5.23. The van der Waals surface area contributed by atoms with Gasteiger partial charge in [-0.05, 0) is 30.9 Å². The molecule has 1 heterocycles. The molecule has 0 spiro atoms. The van der Waals surface area contributed by atoms with Crippen LogP contribution in [-0.4, -0.2) is 0 Å². The van der Waals surface area contributed by atoms with Gasteiger partial charge in [0.05, 0.1) is 12.3 Å². The van der Waals surface area contributed by atoms with Gasteiger partial charge in [-0.3, -0.25) is 0 Å². The Hall–Kier alpha value is -0.760. The Labute approximate surface area is 66.4 Å². The third-order valence-electron chi connectivity index (χ3n) is 2.53. The first kappa shape index (κ1) is 6.92. The normalized spacial score (nSPS) is 21.2. The third-order valence-corrected chi connectivity index (χ3v) is 2.53. The summed E-state index contributed by atoms with van der Waals surface area (Å²) in [5, 5.41) is 0. The number of hydrogen-bond acceptors (Lipinski definition) is 2. The predicted octanol–water partition coefficient (Wildman–Crippen LogP) is 2.08. The molecule has 2 N–H and O–H groups in total. The summed E-state index contributed by atoms with van der Waals surface area (Å²) in [6.07, 6.45) is 5.55. The van der Waals surface area contributed by atoms with Gasteiger partial charge in [-0.25, -0.2) is 0 Å². The molecule has 60 valence electrons. The summed E-state index contributed by atoms with van der Waals surface area (Å²) in [6.45, 7) is 0. The Morgan fingerprint density at radius 1 is 1.55 bits per heavy atom. The van der Waals surface area contributed by atoms with E-state index in [0.29, 0.717) is 5.92 Å². The van der Waals surface area contributed by atoms with E-state index in [1.54, 1.807) is 6.26 Å². The number of furan rings is 1. The molecule has 11 heavy (non-hydrogen) atoms. The van der Waals surface area contributed by atoms with E-state index in [0.717, 1.165) is 5.76 Å². The van der Waals surface area contributed by atoms with Crippen LogP contribution in [0.4, 0.5) is 0 Å². The van der Waals surface area contributed by atoms with Crippen molar-refractivity contribution in [2.75, 3.05) is 0 Å². The lowest BCUT2D eigenvalue weighted by atomic mass is 9.79. The summed E-state index contributed by atoms with van der Waals surface area (Å²) in [4.78, 5) is 0. The highest BCUT2D eigenvalue weighted by atomic mass is 16.3. The van der Waals surface area contributed by atoms with E-state index in [-0.39, 0.29) is 6.04 Å². The summed E-state index contributed by atoms with van der Waals surface area (Å²) in [7, 11) is 0. The Balaban J connectivity index is 2.04. The van der Waals surface area contributed by atoms with Gasteiger partial charge < -0.3 is 10.2 Å². The molecule has 1 atom stereocenters. The van der Waals surface area contributed by atoms with E-state index in [4.69, 9.17) is 10.2 Å². The van der Waals surface area contributed by atoms with Crippen molar-refractivity contribution in [3.63, 3.8) is 0 Å². The second-order valence-corrected chi connectivity index (χ2v) is 3.23. The quantitative estimate of drug-likeness (QED) is 0.702. The maximum Gasteiger partial charge on any atom is 0.120 e. The van der Waals surface area contributed by atoms with Crippen molar-refractivity contribution in [3.8, 4) is 0 Å². The van der Waals surface area contributed by atoms with E-state index in [9.17, 15) is 0 Å². The lowest BCUT2D eigenvalue weighted by Crippen LogP contribution is -2.26. The van der Waals surface area contributed by atoms with Crippen LogP contribution in [0.3, 0.4) is 0 Å². The average Bonchev–Trinajstić information content (AvgIpc) is 2.32. The van der Waals surface area contributed by atoms with Crippen LogP contribution in [0.15, 0.2) is 22.8 Å². The third kappa shape index (κ3) is 1.18. The van der Waals surface area contributed by atoms with Crippen LogP contribution in [-0.2, 0) is 0 Å². The van der Waals surface area contributed by atoms with Crippen molar-refractivity contribution in [2.45, 2.75) is 25.3 Å². The van der Waals surface area contributed by atoms with Gasteiger partial charge in [-0.15, -0.1) is 0 Å². The van der Waals surface area contributed by atoms with Crippen molar-refractivity contribution < 1.29 is 4.42 Å². The monoisotopic (exact) mass is 151 g/mol. The topological polar surface area (TPSA) is 39.2 Å². The van der Waals surface area contributed by atoms with Gasteiger partial charge in [-0.2, -0.15) is 0 Å². The largest absolute Gasteiger partial charge is 0.468 e. The molecule has 0 saturated heterocycles. The highest BCUT2D eigenvalue weighted by Crippen LogP contribution is 2.35. The number of nitrogens with two attached hydrogens (primary N) is 1. The van der Waals surface area contributed by atoms with Crippen molar-refractivity contribution in [1.29, 1.82) is 0 Å². The van der Waals surface area contributed by atoms with Gasteiger partial charge in [-0.1, -0.05) is 6.42 Å². The summed E-state index contributed by atoms with van der Waals surface area (Å²) in [5.41, 5.74) is 5.95. The molecule has 0 aliphatic heterocycles. The highest BCUT2D eigenvalue weighted by Gasteiger charge is 2.26. The maximum absolute atomic E-state index is 5.95. The number of hydrogen-bond donors (Lipinski definition) is 1. The van der Waals surface area contributed by atoms with Crippen molar-refractivity contribution in [2.24, 2.45) is 11.7 Å². The fourth-order valence-corrected chi connectivity index (χ4v) is 1.51. The molecule has 2 rings (SSSR count). The van der Waals surface area contributed by atoms with E-state index in [1.807, 2.05) is 12.1 Å². The van der Waals surface area contributed by atoms with Crippen molar-refractivity contribution in [1.82, 2.24) is 0 Å². The summed E-state index contributed by atoms with van der Waals surface area (Å²) >= 11 is 0. The smallest absolute Gasteiger partial charge is 0.120 e. The first-order valence-corrected chi connectivity index (χ1v) is 4.17. The Kier molecular flexibility index (Phi) is 1.70. The highest BCUT2D eigenvalue weighted by molar-refractivity contribution is 5.06. The molecular weight excluding hydrogens is 138 g/mol. The first-order chi connectivity index (χ1) is 5.38. The van der Waals surface area contributed by atoms with Crippen LogP contribution in [0.25, 0.3) is 0 Å². The standard InChI is InChI=1S/C9H13NO/c10-9(7-3-1-4-7)8-5-2-6-11-8/h2,5-7,9H,1,3-4,10H2/t9-/m0/s1. The first-order valence-electron chi connectivity index (χ1n) is 4.17.